The van der Waals surface area contributed by atoms with Gasteiger partial charge in [-0.3, -0.25) is 4.98 Å². The lowest BCUT2D eigenvalue weighted by atomic mass is 10.2. The van der Waals surface area contributed by atoms with Crippen LogP contribution in [0.3, 0.4) is 0 Å². The highest BCUT2D eigenvalue weighted by molar-refractivity contribution is 7.80. The van der Waals surface area contributed by atoms with E-state index in [4.69, 9.17) is 4.74 Å². The van der Waals surface area contributed by atoms with Gasteiger partial charge in [0.05, 0.1) is 12.8 Å². The maximum absolute atomic E-state index is 5.20. The summed E-state index contributed by atoms with van der Waals surface area (Å²) in [5.74, 6) is 2.43. The molecule has 118 valence electrons. The molecule has 0 amide bonds. The van der Waals surface area contributed by atoms with Crippen LogP contribution in [0.5, 0.6) is 5.75 Å². The summed E-state index contributed by atoms with van der Waals surface area (Å²) in [6.07, 6.45) is 1.76. The third kappa shape index (κ3) is 3.07. The molecule has 6 heteroatoms. The van der Waals surface area contributed by atoms with Gasteiger partial charge >= 0.3 is 0 Å². The highest BCUT2D eigenvalue weighted by Gasteiger charge is 2.20. The Hall–Kier alpha value is -2.34. The van der Waals surface area contributed by atoms with Crippen LogP contribution in [0.25, 0.3) is 11.4 Å². The molecule has 23 heavy (non-hydrogen) atoms. The number of pyridine rings is 1. The number of rotatable bonds is 5. The molecular formula is C17H18N4OS. The summed E-state index contributed by atoms with van der Waals surface area (Å²) in [6, 6.07) is 13.6. The first-order valence-electron chi connectivity index (χ1n) is 7.41. The quantitative estimate of drug-likeness (QED) is 0.730. The third-order valence-corrected chi connectivity index (χ3v) is 4.15. The zero-order chi connectivity index (χ0) is 16.2. The topological polar surface area (TPSA) is 52.8 Å². The highest BCUT2D eigenvalue weighted by atomic mass is 32.1. The van der Waals surface area contributed by atoms with Crippen molar-refractivity contribution >= 4 is 12.6 Å². The molecule has 0 saturated carbocycles. The van der Waals surface area contributed by atoms with Crippen LogP contribution in [0.15, 0.2) is 48.7 Å². The normalized spacial score (nSPS) is 12.1. The number of aromatic nitrogens is 4. The molecule has 3 aromatic rings. The van der Waals surface area contributed by atoms with Crippen LogP contribution in [0.1, 0.15) is 23.7 Å². The summed E-state index contributed by atoms with van der Waals surface area (Å²) in [7, 11) is 1.65. The standard InChI is InChI=1S/C17H18N4OS/c1-3-21-16(12-7-9-13(22-2)10-8-12)19-20-17(21)15(23)14-6-4-5-11-18-14/h4-11,15,23H,3H2,1-2H3. The lowest BCUT2D eigenvalue weighted by Crippen LogP contribution is -2.08. The molecule has 0 bridgehead atoms. The molecule has 2 aromatic heterocycles. The number of hydrogen-bond donors (Lipinski definition) is 1. The van der Waals surface area contributed by atoms with Gasteiger partial charge in [0.15, 0.2) is 11.6 Å². The fourth-order valence-electron chi connectivity index (χ4n) is 2.45. The number of nitrogens with zero attached hydrogens (tertiary/aromatic N) is 4. The van der Waals surface area contributed by atoms with Crippen molar-refractivity contribution in [3.05, 3.63) is 60.2 Å². The first-order valence-corrected chi connectivity index (χ1v) is 7.92. The van der Waals surface area contributed by atoms with E-state index < -0.39 is 0 Å². The zero-order valence-electron chi connectivity index (χ0n) is 13.0. The Morgan fingerprint density at radius 2 is 1.91 bits per heavy atom. The summed E-state index contributed by atoms with van der Waals surface area (Å²) in [4.78, 5) is 4.36. The third-order valence-electron chi connectivity index (χ3n) is 3.66. The Morgan fingerprint density at radius 1 is 1.13 bits per heavy atom. The van der Waals surface area contributed by atoms with Gasteiger partial charge in [-0.1, -0.05) is 6.07 Å². The summed E-state index contributed by atoms with van der Waals surface area (Å²) in [5, 5.41) is 8.49. The van der Waals surface area contributed by atoms with Crippen molar-refractivity contribution in [3.63, 3.8) is 0 Å². The van der Waals surface area contributed by atoms with Gasteiger partial charge in [-0.25, -0.2) is 0 Å². The molecule has 3 rings (SSSR count). The first-order chi connectivity index (χ1) is 11.2. The molecule has 0 aliphatic heterocycles. The second-order valence-corrected chi connectivity index (χ2v) is 5.53. The number of thiol groups is 1. The second-order valence-electron chi connectivity index (χ2n) is 5.01. The van der Waals surface area contributed by atoms with Gasteiger partial charge in [0.2, 0.25) is 0 Å². The van der Waals surface area contributed by atoms with Crippen molar-refractivity contribution in [2.75, 3.05) is 7.11 Å². The monoisotopic (exact) mass is 326 g/mol. The molecule has 1 atom stereocenters. The van der Waals surface area contributed by atoms with E-state index in [2.05, 4.69) is 39.3 Å². The fourth-order valence-corrected chi connectivity index (χ4v) is 2.80. The second kappa shape index (κ2) is 6.83. The largest absolute Gasteiger partial charge is 0.497 e. The number of methoxy groups -OCH3 is 1. The molecule has 1 aromatic carbocycles. The predicted molar refractivity (Wildman–Crippen MR) is 92.8 cm³/mol. The summed E-state index contributed by atoms with van der Waals surface area (Å²) >= 11 is 4.68. The number of benzene rings is 1. The van der Waals surface area contributed by atoms with E-state index in [1.807, 2.05) is 42.5 Å². The Bertz CT molecular complexity index is 771. The number of ether oxygens (including phenoxy) is 1. The number of hydrogen-bond acceptors (Lipinski definition) is 5. The van der Waals surface area contributed by atoms with E-state index in [0.29, 0.717) is 0 Å². The van der Waals surface area contributed by atoms with Gasteiger partial charge in [0.1, 0.15) is 11.0 Å². The fraction of sp³-hybridized carbons (Fsp3) is 0.235. The average molecular weight is 326 g/mol. The van der Waals surface area contributed by atoms with Crippen LogP contribution < -0.4 is 4.74 Å². The molecule has 0 N–H and O–H groups in total. The molecule has 0 fully saturated rings. The SMILES string of the molecule is CCn1c(-c2ccc(OC)cc2)nnc1C(S)c1ccccn1. The predicted octanol–water partition coefficient (Wildman–Crippen LogP) is 3.39. The lowest BCUT2D eigenvalue weighted by molar-refractivity contribution is 0.415. The maximum atomic E-state index is 5.20. The van der Waals surface area contributed by atoms with E-state index in [0.717, 1.165) is 35.2 Å². The van der Waals surface area contributed by atoms with Crippen molar-refractivity contribution in [1.29, 1.82) is 0 Å². The van der Waals surface area contributed by atoms with Crippen LogP contribution in [0.4, 0.5) is 0 Å². The van der Waals surface area contributed by atoms with Crippen molar-refractivity contribution in [2.24, 2.45) is 0 Å². The summed E-state index contributed by atoms with van der Waals surface area (Å²) in [5.41, 5.74) is 1.85. The van der Waals surface area contributed by atoms with Crippen molar-refractivity contribution in [3.8, 4) is 17.1 Å². The highest BCUT2D eigenvalue weighted by Crippen LogP contribution is 2.29. The van der Waals surface area contributed by atoms with Gasteiger partial charge in [0, 0.05) is 18.3 Å². The zero-order valence-corrected chi connectivity index (χ0v) is 13.9. The summed E-state index contributed by atoms with van der Waals surface area (Å²) < 4.78 is 7.26. The molecule has 0 radical (unpaired) electrons. The van der Waals surface area contributed by atoms with Gasteiger partial charge in [0.25, 0.3) is 0 Å². The maximum Gasteiger partial charge on any atom is 0.163 e. The van der Waals surface area contributed by atoms with Crippen molar-refractivity contribution in [2.45, 2.75) is 18.7 Å². The van der Waals surface area contributed by atoms with Gasteiger partial charge in [-0.2, -0.15) is 12.6 Å². The Labute approximate surface area is 140 Å². The Balaban J connectivity index is 1.99. The van der Waals surface area contributed by atoms with Crippen molar-refractivity contribution < 1.29 is 4.74 Å². The summed E-state index contributed by atoms with van der Waals surface area (Å²) in [6.45, 7) is 2.83. The minimum atomic E-state index is -0.212. The first kappa shape index (κ1) is 15.6. The van der Waals surface area contributed by atoms with Gasteiger partial charge in [-0.05, 0) is 43.3 Å². The molecule has 2 heterocycles. The Kier molecular flexibility index (Phi) is 4.62. The molecule has 0 aliphatic rings. The average Bonchev–Trinajstić information content (AvgIpc) is 3.05. The van der Waals surface area contributed by atoms with E-state index >= 15 is 0 Å². The minimum absolute atomic E-state index is 0.212. The molecule has 1 unspecified atom stereocenters. The minimum Gasteiger partial charge on any atom is -0.497 e. The van der Waals surface area contributed by atoms with Crippen LogP contribution >= 0.6 is 12.6 Å². The molecule has 0 saturated heterocycles. The van der Waals surface area contributed by atoms with E-state index in [1.54, 1.807) is 13.3 Å². The van der Waals surface area contributed by atoms with E-state index in [-0.39, 0.29) is 5.25 Å². The van der Waals surface area contributed by atoms with Gasteiger partial charge < -0.3 is 9.30 Å². The van der Waals surface area contributed by atoms with Crippen LogP contribution in [-0.4, -0.2) is 26.9 Å². The van der Waals surface area contributed by atoms with Crippen LogP contribution in [-0.2, 0) is 6.54 Å². The molecule has 0 spiro atoms. The molecule has 5 nitrogen and oxygen atoms in total. The molecule has 0 aliphatic carbocycles. The van der Waals surface area contributed by atoms with Gasteiger partial charge in [-0.15, -0.1) is 10.2 Å². The van der Waals surface area contributed by atoms with Crippen molar-refractivity contribution in [1.82, 2.24) is 19.7 Å². The Morgan fingerprint density at radius 3 is 2.52 bits per heavy atom. The van der Waals surface area contributed by atoms with Crippen LogP contribution in [0.2, 0.25) is 0 Å². The molecular weight excluding hydrogens is 308 g/mol. The van der Waals surface area contributed by atoms with E-state index in [1.165, 1.54) is 0 Å². The van der Waals surface area contributed by atoms with E-state index in [9.17, 15) is 0 Å². The lowest BCUT2D eigenvalue weighted by Gasteiger charge is -2.12. The van der Waals surface area contributed by atoms with Crippen LogP contribution in [0, 0.1) is 0 Å². The smallest absolute Gasteiger partial charge is 0.163 e.